The van der Waals surface area contributed by atoms with E-state index >= 15 is 0 Å². The summed E-state index contributed by atoms with van der Waals surface area (Å²) in [6.45, 7) is 0. The van der Waals surface area contributed by atoms with Crippen LogP contribution in [0.1, 0.15) is 0 Å². The molecule has 0 spiro atoms. The molecule has 17 heavy (non-hydrogen) atoms. The molecule has 0 bridgehead atoms. The van der Waals surface area contributed by atoms with Crippen molar-refractivity contribution in [3.05, 3.63) is 0 Å². The van der Waals surface area contributed by atoms with Gasteiger partial charge in [0.15, 0.2) is 0 Å². The second kappa shape index (κ2) is 13.1. The number of hydrogen-bond acceptors (Lipinski definition) is 7. The van der Waals surface area contributed by atoms with Gasteiger partial charge in [-0.15, -0.1) is 0 Å². The minimum Gasteiger partial charge on any atom is -0.790 e. The number of hydrogen-bond donors (Lipinski definition) is 4. The van der Waals surface area contributed by atoms with Crippen LogP contribution in [0.5, 0.6) is 0 Å². The summed E-state index contributed by atoms with van der Waals surface area (Å²) in [6.07, 6.45) is 0. The van der Waals surface area contributed by atoms with E-state index in [9.17, 15) is 23.8 Å². The smallest absolute Gasteiger partial charge is 0.790 e. The van der Waals surface area contributed by atoms with E-state index in [0.29, 0.717) is 0 Å². The van der Waals surface area contributed by atoms with Gasteiger partial charge in [-0.1, -0.05) is 0 Å². The van der Waals surface area contributed by atoms with Crippen LogP contribution in [0.15, 0.2) is 0 Å². The van der Waals surface area contributed by atoms with Crippen molar-refractivity contribution in [2.24, 2.45) is 0 Å². The standard InChI is InChI=1S/3Na.H4O7P2.H3O4P/c;;;1-8(2,3)7-9(4,5)6;1-5(2,3)4/h;;;(H2,1,2,3)(H2,4,5,6);(H3,1,2,3,4)/q3*+1;;/p-3. The van der Waals surface area contributed by atoms with E-state index < -0.39 is 23.5 Å². The summed E-state index contributed by atoms with van der Waals surface area (Å²) in [7, 11) is -15.7. The van der Waals surface area contributed by atoms with Crippen LogP contribution in [0.2, 0.25) is 0 Å². The van der Waals surface area contributed by atoms with E-state index in [1.54, 1.807) is 0 Å². The maximum atomic E-state index is 9.44. The van der Waals surface area contributed by atoms with E-state index in [1.165, 1.54) is 0 Å². The van der Waals surface area contributed by atoms with Crippen LogP contribution in [0.4, 0.5) is 0 Å². The Balaban J connectivity index is -0.0000000533. The van der Waals surface area contributed by atoms with Crippen molar-refractivity contribution in [2.75, 3.05) is 0 Å². The maximum absolute atomic E-state index is 9.44. The van der Waals surface area contributed by atoms with Crippen LogP contribution in [-0.2, 0) is 18.0 Å². The zero-order valence-electron chi connectivity index (χ0n) is 8.99. The summed E-state index contributed by atoms with van der Waals surface area (Å²) >= 11 is 0. The Kier molecular flexibility index (Phi) is 24.9. The zero-order valence-corrected chi connectivity index (χ0v) is 17.7. The van der Waals surface area contributed by atoms with Crippen molar-refractivity contribution < 1.29 is 141 Å². The van der Waals surface area contributed by atoms with Crippen LogP contribution >= 0.6 is 23.5 Å². The molecule has 0 radical (unpaired) electrons. The summed E-state index contributed by atoms with van der Waals surface area (Å²) in [5.74, 6) is 0. The van der Waals surface area contributed by atoms with Gasteiger partial charge in [-0.25, -0.2) is 4.57 Å². The van der Waals surface area contributed by atoms with Crippen molar-refractivity contribution in [2.45, 2.75) is 0 Å². The predicted molar refractivity (Wildman–Crippen MR) is 32.8 cm³/mol. The van der Waals surface area contributed by atoms with Gasteiger partial charge in [0.1, 0.15) is 0 Å². The second-order valence-corrected chi connectivity index (χ2v) is 5.02. The molecule has 0 aliphatic heterocycles. The number of phosphoric acid groups is 3. The van der Waals surface area contributed by atoms with Crippen molar-refractivity contribution in [1.82, 2.24) is 0 Å². The summed E-state index contributed by atoms with van der Waals surface area (Å²) in [5, 5.41) is 0. The summed E-state index contributed by atoms with van der Waals surface area (Å²) < 4.78 is 30.3. The third-order valence-electron chi connectivity index (χ3n) is 0.203. The Labute approximate surface area is 162 Å². The molecule has 0 aliphatic carbocycles. The molecule has 0 saturated carbocycles. The number of rotatable bonds is 2. The fourth-order valence-electron chi connectivity index (χ4n) is 0.126. The molecule has 88 valence electrons. The van der Waals surface area contributed by atoms with Gasteiger partial charge in [0, 0.05) is 0 Å². The van der Waals surface area contributed by atoms with Gasteiger partial charge in [-0.05, 0) is 0 Å². The Morgan fingerprint density at radius 2 is 0.941 bits per heavy atom. The summed E-state index contributed by atoms with van der Waals surface area (Å²) in [6, 6.07) is 0. The molecule has 1 unspecified atom stereocenters. The molecule has 4 N–H and O–H groups in total. The second-order valence-electron chi connectivity index (χ2n) is 1.51. The first-order chi connectivity index (χ1) is 5.71. The minimum atomic E-state index is -5.61. The molecule has 0 heterocycles. The third kappa shape index (κ3) is 66.6. The zero-order chi connectivity index (χ0) is 12.2. The van der Waals surface area contributed by atoms with Gasteiger partial charge >= 0.3 is 96.5 Å². The van der Waals surface area contributed by atoms with Gasteiger partial charge in [0.25, 0.3) is 7.82 Å². The average molecular weight is 342 g/mol. The van der Waals surface area contributed by atoms with Gasteiger partial charge < -0.3 is 38.8 Å². The molecule has 11 nitrogen and oxygen atoms in total. The molecule has 17 heteroatoms. The molecule has 0 aliphatic rings. The Hall–Kier alpha value is 3.37. The van der Waals surface area contributed by atoms with Gasteiger partial charge in [0.2, 0.25) is 0 Å². The molecule has 0 saturated heterocycles. The minimum absolute atomic E-state index is 0. The van der Waals surface area contributed by atoms with Crippen molar-refractivity contribution in [3.8, 4) is 0 Å². The van der Waals surface area contributed by atoms with Gasteiger partial charge in [-0.3, -0.25) is 8.88 Å². The normalized spacial score (nSPS) is 13.6. The fraction of sp³-hybridized carbons (Fsp3) is 0. The fourth-order valence-corrected chi connectivity index (χ4v) is 1.14. The SMILES string of the molecule is O=P(O)(O)O.O=P([O-])([O-])OP(=O)([O-])O.[Na+].[Na+].[Na+]. The Bertz CT molecular complexity index is 265. The van der Waals surface area contributed by atoms with E-state index in [0.717, 1.165) is 0 Å². The first-order valence-corrected chi connectivity index (χ1v) is 6.78. The van der Waals surface area contributed by atoms with E-state index in [-0.39, 0.29) is 88.7 Å². The van der Waals surface area contributed by atoms with Crippen molar-refractivity contribution in [1.29, 1.82) is 0 Å². The molecule has 0 aromatic carbocycles. The third-order valence-corrected chi connectivity index (χ3v) is 1.83. The first kappa shape index (κ1) is 32.4. The molecular formula is H4Na3O11P3. The topological polar surface area (TPSA) is 211 Å². The summed E-state index contributed by atoms with van der Waals surface area (Å²) in [4.78, 5) is 57.3. The summed E-state index contributed by atoms with van der Waals surface area (Å²) in [5.41, 5.74) is 0. The van der Waals surface area contributed by atoms with Crippen LogP contribution < -0.4 is 103 Å². The van der Waals surface area contributed by atoms with E-state index in [4.69, 9.17) is 24.1 Å². The molecular weight excluding hydrogens is 338 g/mol. The predicted octanol–water partition coefficient (Wildman–Crippen LogP) is -12.6. The average Bonchev–Trinajstić information content (AvgIpc) is 1.42. The molecule has 0 amide bonds. The molecule has 0 aromatic rings. The van der Waals surface area contributed by atoms with Crippen LogP contribution in [-0.4, -0.2) is 19.6 Å². The monoisotopic (exact) mass is 342 g/mol. The quantitative estimate of drug-likeness (QED) is 0.273. The van der Waals surface area contributed by atoms with Gasteiger partial charge in [0.05, 0.1) is 7.82 Å². The Morgan fingerprint density at radius 1 is 0.765 bits per heavy atom. The van der Waals surface area contributed by atoms with E-state index in [1.807, 2.05) is 0 Å². The largest absolute Gasteiger partial charge is 1.00 e. The molecule has 0 rings (SSSR count). The maximum Gasteiger partial charge on any atom is 1.00 e. The van der Waals surface area contributed by atoms with Crippen LogP contribution in [0.3, 0.4) is 0 Å². The molecule has 0 fully saturated rings. The van der Waals surface area contributed by atoms with Crippen molar-refractivity contribution in [3.63, 3.8) is 0 Å². The van der Waals surface area contributed by atoms with Crippen molar-refractivity contribution >= 4 is 23.5 Å². The van der Waals surface area contributed by atoms with Gasteiger partial charge in [-0.2, -0.15) is 0 Å². The molecule has 0 aromatic heterocycles. The molecule has 1 atom stereocenters. The Morgan fingerprint density at radius 3 is 0.941 bits per heavy atom. The van der Waals surface area contributed by atoms with E-state index in [2.05, 4.69) is 4.31 Å². The van der Waals surface area contributed by atoms with Crippen LogP contribution in [0.25, 0.3) is 0 Å². The van der Waals surface area contributed by atoms with Crippen LogP contribution in [0, 0.1) is 0 Å². The first-order valence-electron chi connectivity index (χ1n) is 2.26.